The molecule has 0 bridgehead atoms. The molecule has 296 valence electrons. The first-order valence-corrected chi connectivity index (χ1v) is 22.5. The van der Waals surface area contributed by atoms with Gasteiger partial charge >= 0.3 is 6.03 Å². The van der Waals surface area contributed by atoms with Gasteiger partial charge in [0.2, 0.25) is 11.8 Å². The molecule has 1 aromatic carbocycles. The third kappa shape index (κ3) is 10.4. The molecular weight excluding hydrogens is 685 g/mol. The van der Waals surface area contributed by atoms with Gasteiger partial charge < -0.3 is 31.5 Å². The number of phenolic OH excluding ortho intramolecular Hbond substituents is 1. The number of amides is 4. The van der Waals surface area contributed by atoms with E-state index in [0.717, 1.165) is 115 Å². The zero-order valence-corrected chi connectivity index (χ0v) is 33.2. The third-order valence-electron chi connectivity index (χ3n) is 13.9. The highest BCUT2D eigenvalue weighted by Crippen LogP contribution is 2.62. The molecule has 9 atom stereocenters. The number of rotatable bonds is 21. The molecule has 0 spiro atoms. The standard InChI is InChI=1S/C43H68N4O5S/c1-43-23-22-33-32-19-18-31(48)27-30(32)26-29(40(33)34(43)20-21-37(43)49)14-8-4-2-6-12-24-44-38(50)16-9-5-3-7-13-25-45-39(51)17-11-10-15-36-41-35(28-53-36)46-42(52)47-41/h18-19,27,29,33-37,40-41,48-49H,2-17,20-26,28H2,1H3,(H,44,50)(H,45,51)(H2,46,47,52)/t29-,33-,34+,35?,36+,37+,40-,41?,43+/m1/s1. The summed E-state index contributed by atoms with van der Waals surface area (Å²) in [5.74, 6) is 4.11. The first-order valence-electron chi connectivity index (χ1n) is 21.4. The molecule has 3 aliphatic carbocycles. The van der Waals surface area contributed by atoms with Crippen molar-refractivity contribution >= 4 is 29.6 Å². The van der Waals surface area contributed by atoms with E-state index >= 15 is 0 Å². The second kappa shape index (κ2) is 19.4. The number of aliphatic hydroxyl groups is 1. The molecule has 4 fully saturated rings. The number of phenols is 1. The van der Waals surface area contributed by atoms with Crippen molar-refractivity contribution in [3.63, 3.8) is 0 Å². The lowest BCUT2D eigenvalue weighted by molar-refractivity contribution is -0.122. The number of hydrogen-bond donors (Lipinski definition) is 6. The Morgan fingerprint density at radius 2 is 1.51 bits per heavy atom. The van der Waals surface area contributed by atoms with Gasteiger partial charge in [-0.15, -0.1) is 0 Å². The minimum Gasteiger partial charge on any atom is -0.508 e. The summed E-state index contributed by atoms with van der Waals surface area (Å²) in [4.78, 5) is 36.1. The highest BCUT2D eigenvalue weighted by atomic mass is 32.2. The van der Waals surface area contributed by atoms with Crippen LogP contribution in [-0.2, 0) is 16.0 Å². The van der Waals surface area contributed by atoms with Crippen LogP contribution in [0.25, 0.3) is 0 Å². The summed E-state index contributed by atoms with van der Waals surface area (Å²) in [5.41, 5.74) is 2.88. The third-order valence-corrected chi connectivity index (χ3v) is 15.4. The number of urea groups is 1. The first-order chi connectivity index (χ1) is 25.7. The molecule has 2 heterocycles. The number of unbranched alkanes of at least 4 members (excludes halogenated alkanes) is 9. The SMILES string of the molecule is C[C@]12CC[C@@H]3c4ccc(O)cc4C[C@@H](CCCCCCCNC(=O)CCCCCCCNC(=O)CCCC[C@@H]4SCC5NC(=O)NC54)[C@H]3[C@@H]1CC[C@@H]2O. The molecule has 4 amide bonds. The van der Waals surface area contributed by atoms with Gasteiger partial charge in [-0.1, -0.05) is 64.4 Å². The molecule has 1 aromatic rings. The summed E-state index contributed by atoms with van der Waals surface area (Å²) >= 11 is 1.93. The number of aromatic hydroxyl groups is 1. The zero-order chi connectivity index (χ0) is 37.2. The number of thioether (sulfide) groups is 1. The highest BCUT2D eigenvalue weighted by molar-refractivity contribution is 8.00. The number of hydrogen-bond acceptors (Lipinski definition) is 6. The van der Waals surface area contributed by atoms with Crippen LogP contribution in [0.15, 0.2) is 18.2 Å². The maximum absolute atomic E-state index is 12.3. The summed E-state index contributed by atoms with van der Waals surface area (Å²) in [5, 5.41) is 33.8. The molecule has 0 aromatic heterocycles. The van der Waals surface area contributed by atoms with Gasteiger partial charge in [-0.3, -0.25) is 9.59 Å². The van der Waals surface area contributed by atoms with Crippen molar-refractivity contribution in [2.45, 2.75) is 171 Å². The fraction of sp³-hybridized carbons (Fsp3) is 0.791. The van der Waals surface area contributed by atoms with Crippen LogP contribution >= 0.6 is 11.8 Å². The number of carbonyl (C=O) groups excluding carboxylic acids is 3. The van der Waals surface area contributed by atoms with Crippen molar-refractivity contribution in [2.75, 3.05) is 18.8 Å². The summed E-state index contributed by atoms with van der Waals surface area (Å²) in [7, 11) is 0. The van der Waals surface area contributed by atoms with Crippen LogP contribution in [-0.4, -0.2) is 70.3 Å². The summed E-state index contributed by atoms with van der Waals surface area (Å²) < 4.78 is 0. The molecule has 2 unspecified atom stereocenters. The Hall–Kier alpha value is -2.46. The molecule has 2 aliphatic heterocycles. The summed E-state index contributed by atoms with van der Waals surface area (Å²) in [6, 6.07) is 6.53. The first kappa shape index (κ1) is 40.2. The fourth-order valence-corrected chi connectivity index (χ4v) is 12.5. The van der Waals surface area contributed by atoms with E-state index in [1.54, 1.807) is 0 Å². The lowest BCUT2D eigenvalue weighted by Gasteiger charge is -2.53. The minimum atomic E-state index is -0.159. The van der Waals surface area contributed by atoms with Gasteiger partial charge in [0.25, 0.3) is 0 Å². The van der Waals surface area contributed by atoms with Gasteiger partial charge in [0, 0.05) is 36.9 Å². The molecule has 2 saturated heterocycles. The average molecular weight is 753 g/mol. The quantitative estimate of drug-likeness (QED) is 0.0569. The topological polar surface area (TPSA) is 140 Å². The number of nitrogens with one attached hydrogen (secondary N) is 4. The molecule has 5 aliphatic rings. The minimum absolute atomic E-state index is 0.0440. The van der Waals surface area contributed by atoms with Gasteiger partial charge in [-0.2, -0.15) is 11.8 Å². The lowest BCUT2D eigenvalue weighted by Crippen LogP contribution is -2.47. The number of benzene rings is 1. The smallest absolute Gasteiger partial charge is 0.315 e. The van der Waals surface area contributed by atoms with E-state index in [1.165, 1.54) is 36.8 Å². The molecule has 10 heteroatoms. The Balaban J connectivity index is 0.741. The molecule has 6 N–H and O–H groups in total. The molecule has 6 rings (SSSR count). The van der Waals surface area contributed by atoms with Gasteiger partial charge in [-0.05, 0) is 123 Å². The summed E-state index contributed by atoms with van der Waals surface area (Å²) in [6.07, 6.45) is 21.6. The van der Waals surface area contributed by atoms with E-state index in [0.29, 0.717) is 47.5 Å². The van der Waals surface area contributed by atoms with Gasteiger partial charge in [-0.25, -0.2) is 4.79 Å². The number of carbonyl (C=O) groups is 3. The van der Waals surface area contributed by atoms with Crippen LogP contribution in [0.3, 0.4) is 0 Å². The average Bonchev–Trinajstić information content (AvgIpc) is 3.79. The fourth-order valence-electron chi connectivity index (χ4n) is 10.9. The maximum Gasteiger partial charge on any atom is 0.315 e. The van der Waals surface area contributed by atoms with E-state index in [-0.39, 0.29) is 41.4 Å². The molecule has 0 radical (unpaired) electrons. The van der Waals surface area contributed by atoms with Crippen molar-refractivity contribution in [3.05, 3.63) is 29.3 Å². The van der Waals surface area contributed by atoms with Gasteiger partial charge in [0.15, 0.2) is 0 Å². The van der Waals surface area contributed by atoms with Crippen LogP contribution in [0, 0.1) is 23.2 Å². The molecule has 9 nitrogen and oxygen atoms in total. The Labute approximate surface area is 322 Å². The van der Waals surface area contributed by atoms with Crippen molar-refractivity contribution in [1.82, 2.24) is 21.3 Å². The predicted molar refractivity (Wildman–Crippen MR) is 213 cm³/mol. The van der Waals surface area contributed by atoms with E-state index in [1.807, 2.05) is 23.9 Å². The van der Waals surface area contributed by atoms with Crippen LogP contribution in [0.4, 0.5) is 4.79 Å². The van der Waals surface area contributed by atoms with E-state index in [2.05, 4.69) is 34.3 Å². The van der Waals surface area contributed by atoms with Crippen LogP contribution in [0.2, 0.25) is 0 Å². The largest absolute Gasteiger partial charge is 0.508 e. The Morgan fingerprint density at radius 3 is 2.26 bits per heavy atom. The normalized spacial score (nSPS) is 31.2. The van der Waals surface area contributed by atoms with Crippen molar-refractivity contribution in [1.29, 1.82) is 0 Å². The van der Waals surface area contributed by atoms with Gasteiger partial charge in [0.05, 0.1) is 18.2 Å². The van der Waals surface area contributed by atoms with E-state index in [4.69, 9.17) is 0 Å². The van der Waals surface area contributed by atoms with Crippen molar-refractivity contribution < 1.29 is 24.6 Å². The van der Waals surface area contributed by atoms with E-state index in [9.17, 15) is 24.6 Å². The van der Waals surface area contributed by atoms with Crippen molar-refractivity contribution in [2.24, 2.45) is 23.2 Å². The highest BCUT2D eigenvalue weighted by Gasteiger charge is 2.56. The summed E-state index contributed by atoms with van der Waals surface area (Å²) in [6.45, 7) is 3.85. The maximum atomic E-state index is 12.3. The Kier molecular flexibility index (Phi) is 14.7. The van der Waals surface area contributed by atoms with Crippen LogP contribution < -0.4 is 21.3 Å². The van der Waals surface area contributed by atoms with E-state index < -0.39 is 0 Å². The zero-order valence-electron chi connectivity index (χ0n) is 32.3. The van der Waals surface area contributed by atoms with Crippen LogP contribution in [0.5, 0.6) is 5.75 Å². The van der Waals surface area contributed by atoms with Crippen molar-refractivity contribution in [3.8, 4) is 5.75 Å². The Bertz CT molecular complexity index is 1380. The number of aliphatic hydroxyl groups excluding tert-OH is 1. The predicted octanol–water partition coefficient (Wildman–Crippen LogP) is 7.47. The Morgan fingerprint density at radius 1 is 0.849 bits per heavy atom. The molecule has 53 heavy (non-hydrogen) atoms. The lowest BCUT2D eigenvalue weighted by atomic mass is 9.52. The monoisotopic (exact) mass is 752 g/mol. The second-order valence-electron chi connectivity index (χ2n) is 17.4. The second-order valence-corrected chi connectivity index (χ2v) is 18.7. The van der Waals surface area contributed by atoms with Crippen LogP contribution in [0.1, 0.15) is 152 Å². The van der Waals surface area contributed by atoms with Gasteiger partial charge in [0.1, 0.15) is 5.75 Å². The molecular formula is C43H68N4O5S. The molecule has 2 saturated carbocycles. The number of fused-ring (bicyclic) bond motifs is 6.